The predicted octanol–water partition coefficient (Wildman–Crippen LogP) is 3.22. The highest BCUT2D eigenvalue weighted by atomic mass is 14.9. The number of nitrogens with one attached hydrogen (secondary N) is 1. The van der Waals surface area contributed by atoms with Crippen molar-refractivity contribution in [2.75, 3.05) is 13.1 Å². The lowest BCUT2D eigenvalue weighted by Gasteiger charge is -2.12. The second kappa shape index (κ2) is 8.26. The van der Waals surface area contributed by atoms with Crippen molar-refractivity contribution in [3.63, 3.8) is 0 Å². The first-order valence-electron chi connectivity index (χ1n) is 7.58. The van der Waals surface area contributed by atoms with E-state index in [0.29, 0.717) is 5.92 Å². The minimum absolute atomic E-state index is 0.704. The summed E-state index contributed by atoms with van der Waals surface area (Å²) in [5.74, 6) is 1.71. The standard InChI is InChI=1S/C16H29N3/c1-6-7-8-16-18-13(4)15(14(5)19-16)9-10-17-11-12(2)3/h12,17H,6-11H2,1-5H3. The molecule has 0 aliphatic heterocycles. The number of aromatic nitrogens is 2. The van der Waals surface area contributed by atoms with Crippen LogP contribution in [-0.4, -0.2) is 23.1 Å². The number of unbranched alkanes of at least 4 members (excludes halogenated alkanes) is 1. The lowest BCUT2D eigenvalue weighted by atomic mass is 10.1. The van der Waals surface area contributed by atoms with E-state index in [4.69, 9.17) is 0 Å². The average Bonchev–Trinajstić information content (AvgIpc) is 2.34. The summed E-state index contributed by atoms with van der Waals surface area (Å²) in [4.78, 5) is 9.29. The molecule has 0 aliphatic rings. The van der Waals surface area contributed by atoms with Gasteiger partial charge in [-0.25, -0.2) is 9.97 Å². The molecule has 0 bridgehead atoms. The Balaban J connectivity index is 2.58. The molecule has 0 amide bonds. The first-order chi connectivity index (χ1) is 9.04. The Morgan fingerprint density at radius 2 is 1.68 bits per heavy atom. The molecule has 0 fully saturated rings. The van der Waals surface area contributed by atoms with Crippen LogP contribution in [0.2, 0.25) is 0 Å². The highest BCUT2D eigenvalue weighted by Crippen LogP contribution is 2.12. The zero-order chi connectivity index (χ0) is 14.3. The molecular weight excluding hydrogens is 234 g/mol. The second-order valence-electron chi connectivity index (χ2n) is 5.74. The average molecular weight is 263 g/mol. The van der Waals surface area contributed by atoms with Gasteiger partial charge in [-0.3, -0.25) is 0 Å². The van der Waals surface area contributed by atoms with Gasteiger partial charge in [-0.2, -0.15) is 0 Å². The Hall–Kier alpha value is -0.960. The summed E-state index contributed by atoms with van der Waals surface area (Å²) in [7, 11) is 0. The van der Waals surface area contributed by atoms with Crippen molar-refractivity contribution >= 4 is 0 Å². The summed E-state index contributed by atoms with van der Waals surface area (Å²) in [6.45, 7) is 13.0. The maximum absolute atomic E-state index is 4.65. The zero-order valence-electron chi connectivity index (χ0n) is 13.2. The van der Waals surface area contributed by atoms with E-state index in [0.717, 1.165) is 43.1 Å². The summed E-state index contributed by atoms with van der Waals surface area (Å²) < 4.78 is 0. The summed E-state index contributed by atoms with van der Waals surface area (Å²) >= 11 is 0. The molecule has 0 aromatic carbocycles. The van der Waals surface area contributed by atoms with Gasteiger partial charge < -0.3 is 5.32 Å². The van der Waals surface area contributed by atoms with E-state index in [1.807, 2.05) is 0 Å². The third-order valence-corrected chi connectivity index (χ3v) is 3.33. The van der Waals surface area contributed by atoms with Gasteiger partial charge in [-0.05, 0) is 51.3 Å². The summed E-state index contributed by atoms with van der Waals surface area (Å²) in [5, 5.41) is 3.48. The SMILES string of the molecule is CCCCc1nc(C)c(CCNCC(C)C)c(C)n1. The number of hydrogen-bond acceptors (Lipinski definition) is 3. The Morgan fingerprint density at radius 3 is 2.21 bits per heavy atom. The summed E-state index contributed by atoms with van der Waals surface area (Å²) in [5.41, 5.74) is 3.63. The Labute approximate surface area is 118 Å². The smallest absolute Gasteiger partial charge is 0.128 e. The van der Waals surface area contributed by atoms with Gasteiger partial charge in [0.25, 0.3) is 0 Å². The van der Waals surface area contributed by atoms with Gasteiger partial charge in [0.05, 0.1) is 0 Å². The highest BCUT2D eigenvalue weighted by molar-refractivity contribution is 5.24. The summed E-state index contributed by atoms with van der Waals surface area (Å²) in [6, 6.07) is 0. The Bertz CT molecular complexity index is 363. The third kappa shape index (κ3) is 5.68. The van der Waals surface area contributed by atoms with E-state index >= 15 is 0 Å². The van der Waals surface area contributed by atoms with Crippen LogP contribution in [0, 0.1) is 19.8 Å². The lowest BCUT2D eigenvalue weighted by molar-refractivity contribution is 0.552. The normalized spacial score (nSPS) is 11.3. The first kappa shape index (κ1) is 16.1. The van der Waals surface area contributed by atoms with Crippen molar-refractivity contribution in [2.24, 2.45) is 5.92 Å². The van der Waals surface area contributed by atoms with Crippen molar-refractivity contribution in [1.82, 2.24) is 15.3 Å². The molecule has 0 atom stereocenters. The van der Waals surface area contributed by atoms with Gasteiger partial charge in [0.1, 0.15) is 5.82 Å². The summed E-state index contributed by atoms with van der Waals surface area (Å²) in [6.07, 6.45) is 4.40. The first-order valence-corrected chi connectivity index (χ1v) is 7.58. The molecule has 1 N–H and O–H groups in total. The van der Waals surface area contributed by atoms with Crippen LogP contribution in [0.15, 0.2) is 0 Å². The highest BCUT2D eigenvalue weighted by Gasteiger charge is 2.08. The maximum Gasteiger partial charge on any atom is 0.128 e. The van der Waals surface area contributed by atoms with Gasteiger partial charge in [0, 0.05) is 17.8 Å². The molecule has 3 heteroatoms. The van der Waals surface area contributed by atoms with E-state index in [2.05, 4.69) is 49.9 Å². The van der Waals surface area contributed by atoms with Crippen LogP contribution in [-0.2, 0) is 12.8 Å². The minimum atomic E-state index is 0.704. The fourth-order valence-corrected chi connectivity index (χ4v) is 2.22. The molecule has 0 saturated carbocycles. The van der Waals surface area contributed by atoms with E-state index in [9.17, 15) is 0 Å². The van der Waals surface area contributed by atoms with Crippen molar-refractivity contribution in [3.8, 4) is 0 Å². The third-order valence-electron chi connectivity index (χ3n) is 3.33. The van der Waals surface area contributed by atoms with E-state index in [1.165, 1.54) is 18.4 Å². The lowest BCUT2D eigenvalue weighted by Crippen LogP contribution is -2.23. The molecule has 108 valence electrons. The van der Waals surface area contributed by atoms with Crippen LogP contribution < -0.4 is 5.32 Å². The van der Waals surface area contributed by atoms with Gasteiger partial charge in [-0.15, -0.1) is 0 Å². The largest absolute Gasteiger partial charge is 0.316 e. The van der Waals surface area contributed by atoms with E-state index in [-0.39, 0.29) is 0 Å². The topological polar surface area (TPSA) is 37.8 Å². The number of hydrogen-bond donors (Lipinski definition) is 1. The number of rotatable bonds is 8. The van der Waals surface area contributed by atoms with Gasteiger partial charge in [-0.1, -0.05) is 27.2 Å². The van der Waals surface area contributed by atoms with E-state index in [1.54, 1.807) is 0 Å². The molecular formula is C16H29N3. The van der Waals surface area contributed by atoms with Crippen molar-refractivity contribution in [2.45, 2.75) is 60.3 Å². The molecule has 1 rings (SSSR count). The predicted molar refractivity (Wildman–Crippen MR) is 81.5 cm³/mol. The fraction of sp³-hybridized carbons (Fsp3) is 0.750. The van der Waals surface area contributed by atoms with Gasteiger partial charge >= 0.3 is 0 Å². The maximum atomic E-state index is 4.65. The molecule has 0 saturated heterocycles. The van der Waals surface area contributed by atoms with Crippen LogP contribution >= 0.6 is 0 Å². The number of nitrogens with zero attached hydrogens (tertiary/aromatic N) is 2. The Kier molecular flexibility index (Phi) is 7.00. The molecule has 1 heterocycles. The molecule has 1 aromatic rings. The van der Waals surface area contributed by atoms with Crippen LogP contribution in [0.3, 0.4) is 0 Å². The molecule has 3 nitrogen and oxygen atoms in total. The zero-order valence-corrected chi connectivity index (χ0v) is 13.2. The van der Waals surface area contributed by atoms with Crippen molar-refractivity contribution in [3.05, 3.63) is 22.8 Å². The van der Waals surface area contributed by atoms with Crippen molar-refractivity contribution < 1.29 is 0 Å². The number of aryl methyl sites for hydroxylation is 3. The van der Waals surface area contributed by atoms with Gasteiger partial charge in [0.15, 0.2) is 0 Å². The molecule has 19 heavy (non-hydrogen) atoms. The fourth-order valence-electron chi connectivity index (χ4n) is 2.22. The minimum Gasteiger partial charge on any atom is -0.316 e. The Morgan fingerprint density at radius 1 is 1.05 bits per heavy atom. The molecule has 0 unspecified atom stereocenters. The van der Waals surface area contributed by atoms with Crippen LogP contribution in [0.1, 0.15) is 56.4 Å². The van der Waals surface area contributed by atoms with Crippen LogP contribution in [0.25, 0.3) is 0 Å². The second-order valence-corrected chi connectivity index (χ2v) is 5.74. The van der Waals surface area contributed by atoms with E-state index < -0.39 is 0 Å². The molecule has 0 radical (unpaired) electrons. The molecule has 0 aliphatic carbocycles. The molecule has 0 spiro atoms. The monoisotopic (exact) mass is 263 g/mol. The molecule has 1 aromatic heterocycles. The van der Waals surface area contributed by atoms with Crippen LogP contribution in [0.5, 0.6) is 0 Å². The van der Waals surface area contributed by atoms with Gasteiger partial charge in [0.2, 0.25) is 0 Å². The quantitative estimate of drug-likeness (QED) is 0.732. The van der Waals surface area contributed by atoms with Crippen LogP contribution in [0.4, 0.5) is 0 Å². The van der Waals surface area contributed by atoms with Crippen molar-refractivity contribution in [1.29, 1.82) is 0 Å².